The van der Waals surface area contributed by atoms with E-state index in [4.69, 9.17) is 5.73 Å². The molecule has 1 rings (SSSR count). The molecule has 0 bridgehead atoms. The summed E-state index contributed by atoms with van der Waals surface area (Å²) < 4.78 is 0. The van der Waals surface area contributed by atoms with Crippen LogP contribution in [-0.4, -0.2) is 34.9 Å². The van der Waals surface area contributed by atoms with Crippen molar-refractivity contribution in [2.45, 2.75) is 65.3 Å². The molecule has 1 amide bonds. The van der Waals surface area contributed by atoms with Crippen LogP contribution in [0.1, 0.15) is 68.4 Å². The lowest BCUT2D eigenvalue weighted by Gasteiger charge is -2.28. The largest absolute Gasteiger partial charge is 0.335 e. The zero-order valence-electron chi connectivity index (χ0n) is 13.6. The van der Waals surface area contributed by atoms with E-state index in [1.165, 1.54) is 17.8 Å². The Morgan fingerprint density at radius 1 is 1.38 bits per heavy atom. The molecular weight excluding hydrogens is 282 g/mol. The summed E-state index contributed by atoms with van der Waals surface area (Å²) in [6.07, 6.45) is 6.28. The van der Waals surface area contributed by atoms with Crippen molar-refractivity contribution in [1.82, 2.24) is 9.88 Å². The minimum absolute atomic E-state index is 0.0755. The van der Waals surface area contributed by atoms with Crippen LogP contribution in [-0.2, 0) is 6.42 Å². The number of unbranched alkanes of at least 4 members (excludes halogenated alkanes) is 2. The highest BCUT2D eigenvalue weighted by molar-refractivity contribution is 7.09. The lowest BCUT2D eigenvalue weighted by molar-refractivity contribution is 0.0674. The normalized spacial score (nSPS) is 12.4. The molecule has 1 heterocycles. The Labute approximate surface area is 132 Å². The van der Waals surface area contributed by atoms with E-state index in [1.54, 1.807) is 0 Å². The van der Waals surface area contributed by atoms with Crippen molar-refractivity contribution in [3.63, 3.8) is 0 Å². The Kier molecular flexibility index (Phi) is 8.54. The van der Waals surface area contributed by atoms with Gasteiger partial charge in [0.25, 0.3) is 5.91 Å². The highest BCUT2D eigenvalue weighted by atomic mass is 32.1. The van der Waals surface area contributed by atoms with E-state index in [1.807, 2.05) is 10.3 Å². The number of hydrogen-bond donors (Lipinski definition) is 1. The lowest BCUT2D eigenvalue weighted by Crippen LogP contribution is -2.39. The average molecular weight is 311 g/mol. The summed E-state index contributed by atoms with van der Waals surface area (Å²) in [4.78, 5) is 19.2. The van der Waals surface area contributed by atoms with Crippen molar-refractivity contribution in [3.8, 4) is 0 Å². The highest BCUT2D eigenvalue weighted by Crippen LogP contribution is 2.16. The van der Waals surface area contributed by atoms with Crippen LogP contribution in [0.15, 0.2) is 5.38 Å². The molecule has 0 saturated heterocycles. The van der Waals surface area contributed by atoms with Crippen LogP contribution < -0.4 is 5.73 Å². The number of nitrogens with two attached hydrogens (primary N) is 1. The number of carbonyl (C=O) groups is 1. The number of thiazole rings is 1. The molecule has 0 aliphatic heterocycles. The van der Waals surface area contributed by atoms with E-state index in [-0.39, 0.29) is 11.9 Å². The van der Waals surface area contributed by atoms with Gasteiger partial charge in [0.05, 0.1) is 5.01 Å². The van der Waals surface area contributed by atoms with E-state index >= 15 is 0 Å². The van der Waals surface area contributed by atoms with E-state index in [2.05, 4.69) is 25.8 Å². The quantitative estimate of drug-likeness (QED) is 0.673. The predicted octanol–water partition coefficient (Wildman–Crippen LogP) is 3.47. The second-order valence-corrected chi connectivity index (χ2v) is 6.45. The summed E-state index contributed by atoms with van der Waals surface area (Å²) in [6, 6.07) is 0.277. The van der Waals surface area contributed by atoms with Gasteiger partial charge in [-0.3, -0.25) is 4.79 Å². The first kappa shape index (κ1) is 18.1. The molecule has 0 aliphatic carbocycles. The molecular formula is C16H29N3OS. The van der Waals surface area contributed by atoms with Crippen molar-refractivity contribution in [3.05, 3.63) is 16.1 Å². The fourth-order valence-corrected chi connectivity index (χ4v) is 3.21. The van der Waals surface area contributed by atoms with Crippen LogP contribution >= 0.6 is 11.3 Å². The number of hydrogen-bond acceptors (Lipinski definition) is 4. The monoisotopic (exact) mass is 311 g/mol. The molecule has 1 aromatic heterocycles. The zero-order valence-corrected chi connectivity index (χ0v) is 14.4. The molecule has 1 atom stereocenters. The van der Waals surface area contributed by atoms with Gasteiger partial charge in [0.15, 0.2) is 0 Å². The van der Waals surface area contributed by atoms with Gasteiger partial charge in [-0.05, 0) is 26.3 Å². The molecule has 0 aliphatic rings. The number of amides is 1. The van der Waals surface area contributed by atoms with E-state index in [0.717, 1.165) is 43.7 Å². The van der Waals surface area contributed by atoms with Crippen molar-refractivity contribution in [1.29, 1.82) is 0 Å². The van der Waals surface area contributed by atoms with Crippen LogP contribution in [0.2, 0.25) is 0 Å². The molecule has 120 valence electrons. The minimum Gasteiger partial charge on any atom is -0.335 e. The van der Waals surface area contributed by atoms with Crippen molar-refractivity contribution >= 4 is 17.2 Å². The highest BCUT2D eigenvalue weighted by Gasteiger charge is 2.22. The van der Waals surface area contributed by atoms with E-state index in [9.17, 15) is 4.79 Å². The van der Waals surface area contributed by atoms with Crippen molar-refractivity contribution in [2.24, 2.45) is 5.73 Å². The van der Waals surface area contributed by atoms with Crippen LogP contribution in [0.25, 0.3) is 0 Å². The minimum atomic E-state index is 0.0755. The average Bonchev–Trinajstić information content (AvgIpc) is 2.92. The Bertz CT molecular complexity index is 419. The molecule has 0 saturated carbocycles. The predicted molar refractivity (Wildman–Crippen MR) is 89.8 cm³/mol. The van der Waals surface area contributed by atoms with Gasteiger partial charge < -0.3 is 10.6 Å². The summed E-state index contributed by atoms with van der Waals surface area (Å²) in [5, 5.41) is 2.83. The van der Waals surface area contributed by atoms with Gasteiger partial charge in [0.1, 0.15) is 5.69 Å². The molecule has 4 nitrogen and oxygen atoms in total. The number of nitrogens with zero attached hydrogens (tertiary/aromatic N) is 2. The van der Waals surface area contributed by atoms with Crippen LogP contribution in [0.5, 0.6) is 0 Å². The third-order valence-electron chi connectivity index (χ3n) is 3.63. The van der Waals surface area contributed by atoms with Crippen molar-refractivity contribution < 1.29 is 4.79 Å². The topological polar surface area (TPSA) is 59.2 Å². The summed E-state index contributed by atoms with van der Waals surface area (Å²) in [5.41, 5.74) is 6.13. The first-order valence-corrected chi connectivity index (χ1v) is 8.97. The maximum absolute atomic E-state index is 12.7. The van der Waals surface area contributed by atoms with E-state index in [0.29, 0.717) is 12.2 Å². The Balaban J connectivity index is 2.76. The fourth-order valence-electron chi connectivity index (χ4n) is 2.42. The smallest absolute Gasteiger partial charge is 0.273 e. The number of carbonyl (C=O) groups excluding carboxylic acids is 1. The van der Waals surface area contributed by atoms with Gasteiger partial charge in [-0.1, -0.05) is 33.1 Å². The Hall–Kier alpha value is -0.940. The Morgan fingerprint density at radius 3 is 2.76 bits per heavy atom. The van der Waals surface area contributed by atoms with Crippen molar-refractivity contribution in [2.75, 3.05) is 13.1 Å². The third kappa shape index (κ3) is 5.75. The van der Waals surface area contributed by atoms with Gasteiger partial charge in [0, 0.05) is 24.4 Å². The van der Waals surface area contributed by atoms with Gasteiger partial charge in [-0.15, -0.1) is 11.3 Å². The molecule has 21 heavy (non-hydrogen) atoms. The molecule has 0 spiro atoms. The molecule has 2 N–H and O–H groups in total. The molecule has 5 heteroatoms. The van der Waals surface area contributed by atoms with Gasteiger partial charge in [0.2, 0.25) is 0 Å². The van der Waals surface area contributed by atoms with Gasteiger partial charge in [-0.2, -0.15) is 0 Å². The van der Waals surface area contributed by atoms with Crippen LogP contribution in [0.3, 0.4) is 0 Å². The SMILES string of the molecule is CCCCCN(C(=O)c1csc(CCN)n1)C(C)CCC. The van der Waals surface area contributed by atoms with Crippen LogP contribution in [0, 0.1) is 0 Å². The molecule has 0 radical (unpaired) electrons. The molecule has 1 aromatic rings. The first-order chi connectivity index (χ1) is 10.1. The third-order valence-corrected chi connectivity index (χ3v) is 4.54. The number of aromatic nitrogens is 1. The second kappa shape index (κ2) is 9.90. The summed E-state index contributed by atoms with van der Waals surface area (Å²) >= 11 is 1.53. The maximum Gasteiger partial charge on any atom is 0.273 e. The zero-order chi connectivity index (χ0) is 15.7. The maximum atomic E-state index is 12.7. The summed E-state index contributed by atoms with van der Waals surface area (Å²) in [5.74, 6) is 0.0755. The summed E-state index contributed by atoms with van der Waals surface area (Å²) in [6.45, 7) is 7.89. The molecule has 0 aromatic carbocycles. The standard InChI is InChI=1S/C16H29N3OS/c1-4-6-7-11-19(13(3)8-5-2)16(20)14-12-21-15(18-14)9-10-17/h12-13H,4-11,17H2,1-3H3. The molecule has 0 fully saturated rings. The first-order valence-electron chi connectivity index (χ1n) is 8.09. The van der Waals surface area contributed by atoms with Gasteiger partial charge >= 0.3 is 0 Å². The van der Waals surface area contributed by atoms with Gasteiger partial charge in [-0.25, -0.2) is 4.98 Å². The number of rotatable bonds is 10. The second-order valence-electron chi connectivity index (χ2n) is 5.51. The molecule has 1 unspecified atom stereocenters. The van der Waals surface area contributed by atoms with E-state index < -0.39 is 0 Å². The van der Waals surface area contributed by atoms with Crippen LogP contribution in [0.4, 0.5) is 0 Å². The fraction of sp³-hybridized carbons (Fsp3) is 0.750. The lowest BCUT2D eigenvalue weighted by atomic mass is 10.1. The summed E-state index contributed by atoms with van der Waals surface area (Å²) in [7, 11) is 0. The Morgan fingerprint density at radius 2 is 2.14 bits per heavy atom.